The zero-order chi connectivity index (χ0) is 22.6. The first-order valence-corrected chi connectivity index (χ1v) is 10.1. The molecule has 0 aliphatic heterocycles. The van der Waals surface area contributed by atoms with E-state index < -0.39 is 0 Å². The molecule has 0 radical (unpaired) electrons. The Hall–Kier alpha value is -3.39. The monoisotopic (exact) mass is 426 g/mol. The summed E-state index contributed by atoms with van der Waals surface area (Å²) >= 11 is 0. The van der Waals surface area contributed by atoms with Gasteiger partial charge in [0.15, 0.2) is 0 Å². The number of amides is 3. The van der Waals surface area contributed by atoms with Gasteiger partial charge in [0.1, 0.15) is 0 Å². The first-order valence-electron chi connectivity index (χ1n) is 10.1. The molecule has 3 N–H and O–H groups in total. The molecule has 0 atom stereocenters. The van der Waals surface area contributed by atoms with Gasteiger partial charge in [0.2, 0.25) is 11.8 Å². The number of hydrogen-bond acceptors (Lipinski definition) is 5. The summed E-state index contributed by atoms with van der Waals surface area (Å²) in [5, 5.41) is 8.61. The van der Waals surface area contributed by atoms with Crippen LogP contribution >= 0.6 is 0 Å². The maximum absolute atomic E-state index is 12.2. The van der Waals surface area contributed by atoms with E-state index in [0.717, 1.165) is 11.3 Å². The number of hydrogen-bond donors (Lipinski definition) is 3. The second kappa shape index (κ2) is 12.3. The lowest BCUT2D eigenvalue weighted by molar-refractivity contribution is -0.128. The van der Waals surface area contributed by atoms with E-state index >= 15 is 0 Å². The van der Waals surface area contributed by atoms with Gasteiger partial charge in [-0.1, -0.05) is 12.1 Å². The molecule has 2 aromatic carbocycles. The summed E-state index contributed by atoms with van der Waals surface area (Å²) in [6, 6.07) is 14.4. The number of nitrogens with one attached hydrogen (secondary N) is 3. The Balaban J connectivity index is 1.76. The highest BCUT2D eigenvalue weighted by molar-refractivity contribution is 5.95. The lowest BCUT2D eigenvalue weighted by atomic mass is 10.1. The maximum atomic E-state index is 12.2. The van der Waals surface area contributed by atoms with E-state index in [1.165, 1.54) is 0 Å². The van der Waals surface area contributed by atoms with Crippen LogP contribution in [0.1, 0.15) is 22.3 Å². The van der Waals surface area contributed by atoms with Crippen molar-refractivity contribution >= 4 is 29.1 Å². The minimum absolute atomic E-state index is 0.0863. The van der Waals surface area contributed by atoms with Gasteiger partial charge in [-0.3, -0.25) is 14.4 Å². The Morgan fingerprint density at radius 3 is 2.19 bits per heavy atom. The molecule has 0 unspecified atom stereocenters. The fourth-order valence-corrected chi connectivity index (χ4v) is 2.73. The van der Waals surface area contributed by atoms with Crippen LogP contribution in [-0.4, -0.2) is 63.5 Å². The fraction of sp³-hybridized carbons (Fsp3) is 0.348. The van der Waals surface area contributed by atoms with Crippen LogP contribution in [0.2, 0.25) is 0 Å². The van der Waals surface area contributed by atoms with Crippen LogP contribution in [0.4, 0.5) is 11.4 Å². The van der Waals surface area contributed by atoms with Gasteiger partial charge in [-0.2, -0.15) is 0 Å². The van der Waals surface area contributed by atoms with Gasteiger partial charge in [0.25, 0.3) is 5.91 Å². The molecular formula is C23H30N4O4. The highest BCUT2D eigenvalue weighted by Gasteiger charge is 2.07. The van der Waals surface area contributed by atoms with Crippen molar-refractivity contribution in [3.8, 4) is 0 Å². The molecule has 2 aromatic rings. The molecule has 0 bridgehead atoms. The van der Waals surface area contributed by atoms with Gasteiger partial charge in [-0.15, -0.1) is 0 Å². The van der Waals surface area contributed by atoms with Crippen molar-refractivity contribution in [2.24, 2.45) is 0 Å². The van der Waals surface area contributed by atoms with Gasteiger partial charge in [-0.25, -0.2) is 0 Å². The van der Waals surface area contributed by atoms with Gasteiger partial charge in [-0.05, 0) is 48.4 Å². The molecule has 0 aliphatic rings. The lowest BCUT2D eigenvalue weighted by Crippen LogP contribution is -2.26. The molecule has 0 spiro atoms. The van der Waals surface area contributed by atoms with E-state index in [-0.39, 0.29) is 24.3 Å². The minimum atomic E-state index is -0.183. The van der Waals surface area contributed by atoms with Crippen molar-refractivity contribution in [1.29, 1.82) is 0 Å². The quantitative estimate of drug-likeness (QED) is 0.478. The zero-order valence-electron chi connectivity index (χ0n) is 18.2. The third-order valence-corrected chi connectivity index (χ3v) is 4.56. The predicted molar refractivity (Wildman–Crippen MR) is 121 cm³/mol. The van der Waals surface area contributed by atoms with E-state index in [1.807, 2.05) is 24.3 Å². The highest BCUT2D eigenvalue weighted by Crippen LogP contribution is 2.12. The van der Waals surface area contributed by atoms with Gasteiger partial charge in [0.05, 0.1) is 13.2 Å². The molecule has 2 rings (SSSR count). The van der Waals surface area contributed by atoms with E-state index in [0.29, 0.717) is 37.2 Å². The van der Waals surface area contributed by atoms with Gasteiger partial charge >= 0.3 is 0 Å². The number of methoxy groups -OCH3 is 1. The van der Waals surface area contributed by atoms with Gasteiger partial charge in [0, 0.05) is 51.1 Å². The molecule has 8 nitrogen and oxygen atoms in total. The largest absolute Gasteiger partial charge is 0.383 e. The Morgan fingerprint density at radius 1 is 0.935 bits per heavy atom. The molecule has 3 amide bonds. The third-order valence-electron chi connectivity index (χ3n) is 4.56. The van der Waals surface area contributed by atoms with Crippen LogP contribution < -0.4 is 16.0 Å². The van der Waals surface area contributed by atoms with E-state index in [1.54, 1.807) is 50.4 Å². The minimum Gasteiger partial charge on any atom is -0.383 e. The summed E-state index contributed by atoms with van der Waals surface area (Å²) in [6.45, 7) is 1.00. The van der Waals surface area contributed by atoms with Crippen LogP contribution in [0.3, 0.4) is 0 Å². The van der Waals surface area contributed by atoms with Crippen molar-refractivity contribution in [3.63, 3.8) is 0 Å². The van der Waals surface area contributed by atoms with E-state index in [4.69, 9.17) is 4.74 Å². The molecule has 0 fully saturated rings. The van der Waals surface area contributed by atoms with Crippen LogP contribution in [0, 0.1) is 0 Å². The Bertz CT molecular complexity index is 864. The highest BCUT2D eigenvalue weighted by atomic mass is 16.5. The van der Waals surface area contributed by atoms with Crippen molar-refractivity contribution in [3.05, 3.63) is 59.7 Å². The van der Waals surface area contributed by atoms with Crippen molar-refractivity contribution < 1.29 is 19.1 Å². The number of nitrogens with zero attached hydrogens (tertiary/aromatic N) is 1. The molecule has 0 heterocycles. The van der Waals surface area contributed by atoms with Crippen molar-refractivity contribution in [1.82, 2.24) is 10.2 Å². The molecule has 0 saturated carbocycles. The standard InChI is InChI=1S/C23H30N4O4/c1-27(2)22(29)13-6-17-4-9-20(10-5-17)26-21(28)16-25-19-11-7-18(8-12-19)23(30)24-14-15-31-3/h4-5,7-12,25H,6,13-16H2,1-3H3,(H,24,30)(H,26,28). The average Bonchev–Trinajstić information content (AvgIpc) is 2.77. The molecule has 0 saturated heterocycles. The summed E-state index contributed by atoms with van der Waals surface area (Å²) in [7, 11) is 5.06. The second-order valence-electron chi connectivity index (χ2n) is 7.21. The predicted octanol–water partition coefficient (Wildman–Crippen LogP) is 2.13. The third kappa shape index (κ3) is 8.47. The summed E-state index contributed by atoms with van der Waals surface area (Å²) in [5.41, 5.74) is 3.01. The Kier molecular flexibility index (Phi) is 9.51. The first kappa shape index (κ1) is 23.9. The van der Waals surface area contributed by atoms with E-state index in [2.05, 4.69) is 16.0 Å². The van der Waals surface area contributed by atoms with Crippen LogP contribution in [-0.2, 0) is 20.7 Å². The zero-order valence-corrected chi connectivity index (χ0v) is 18.2. The topological polar surface area (TPSA) is 99.8 Å². The summed E-state index contributed by atoms with van der Waals surface area (Å²) < 4.78 is 4.90. The smallest absolute Gasteiger partial charge is 0.251 e. The number of carbonyl (C=O) groups excluding carboxylic acids is 3. The van der Waals surface area contributed by atoms with Crippen molar-refractivity contribution in [2.75, 3.05) is 51.5 Å². The molecule has 0 aromatic heterocycles. The number of anilines is 2. The van der Waals surface area contributed by atoms with Crippen LogP contribution in [0.15, 0.2) is 48.5 Å². The van der Waals surface area contributed by atoms with Crippen LogP contribution in [0.25, 0.3) is 0 Å². The average molecular weight is 427 g/mol. The number of ether oxygens (including phenoxy) is 1. The SMILES string of the molecule is COCCNC(=O)c1ccc(NCC(=O)Nc2ccc(CCC(=O)N(C)C)cc2)cc1. The Morgan fingerprint density at radius 2 is 1.58 bits per heavy atom. The fourth-order valence-electron chi connectivity index (χ4n) is 2.73. The molecule has 166 valence electrons. The molecule has 8 heteroatoms. The summed E-state index contributed by atoms with van der Waals surface area (Å²) in [6.07, 6.45) is 1.11. The molecule has 0 aliphatic carbocycles. The van der Waals surface area contributed by atoms with E-state index in [9.17, 15) is 14.4 Å². The number of rotatable bonds is 11. The van der Waals surface area contributed by atoms with Crippen molar-refractivity contribution in [2.45, 2.75) is 12.8 Å². The molecular weight excluding hydrogens is 396 g/mol. The number of benzene rings is 2. The second-order valence-corrected chi connectivity index (χ2v) is 7.21. The summed E-state index contributed by atoms with van der Waals surface area (Å²) in [5.74, 6) is -0.268. The Labute approximate surface area is 183 Å². The summed E-state index contributed by atoms with van der Waals surface area (Å²) in [4.78, 5) is 37.4. The maximum Gasteiger partial charge on any atom is 0.251 e. The first-order chi connectivity index (χ1) is 14.9. The number of carbonyl (C=O) groups is 3. The number of aryl methyl sites for hydroxylation is 1. The van der Waals surface area contributed by atoms with Gasteiger partial charge < -0.3 is 25.6 Å². The molecule has 31 heavy (non-hydrogen) atoms. The lowest BCUT2D eigenvalue weighted by Gasteiger charge is -2.11. The normalized spacial score (nSPS) is 10.3. The van der Waals surface area contributed by atoms with Crippen LogP contribution in [0.5, 0.6) is 0 Å².